The minimum Gasteiger partial charge on any atom is -0.456 e. The number of rotatable bonds is 3. The standard InChI is InChI=1S/C46H28O/c1-2-12-29(13-3-1)34-24-32-16-6-7-17-35(32)42(27-34)46-38-20-10-8-18-36(38)45(37-19-9-11-21-39(37)46)33-22-23-43-40(26-33)41-25-30-14-4-5-15-31(30)28-44(41)47-43/h1-28H/i4D,5D,6D,7D,14D,15D,16D,17D,22D,23D,24D,25D,26D,27D,28D. The van der Waals surface area contributed by atoms with Gasteiger partial charge in [-0.2, -0.15) is 0 Å². The number of benzene rings is 9. The molecule has 0 N–H and O–H groups in total. The summed E-state index contributed by atoms with van der Waals surface area (Å²) in [6.45, 7) is 0. The summed E-state index contributed by atoms with van der Waals surface area (Å²) in [6.07, 6.45) is 0. The third-order valence-corrected chi connectivity index (χ3v) is 8.57. The molecule has 0 aliphatic carbocycles. The summed E-state index contributed by atoms with van der Waals surface area (Å²) in [5.41, 5.74) is 0.978. The van der Waals surface area contributed by atoms with Crippen molar-refractivity contribution in [1.29, 1.82) is 0 Å². The van der Waals surface area contributed by atoms with E-state index < -0.39 is 72.5 Å². The summed E-state index contributed by atoms with van der Waals surface area (Å²) in [7, 11) is 0. The van der Waals surface area contributed by atoms with E-state index in [1.165, 1.54) is 0 Å². The first-order valence-corrected chi connectivity index (χ1v) is 15.0. The number of furan rings is 1. The summed E-state index contributed by atoms with van der Waals surface area (Å²) in [6, 6.07) is 16.1. The molecule has 0 saturated carbocycles. The Morgan fingerprint density at radius 2 is 0.957 bits per heavy atom. The largest absolute Gasteiger partial charge is 0.456 e. The predicted octanol–water partition coefficient (Wildman–Crippen LogP) is 13.2. The van der Waals surface area contributed by atoms with Crippen molar-refractivity contribution >= 4 is 65.0 Å². The Balaban J connectivity index is 1.41. The summed E-state index contributed by atoms with van der Waals surface area (Å²) < 4.78 is 141. The van der Waals surface area contributed by atoms with E-state index in [1.54, 1.807) is 78.9 Å². The maximum Gasteiger partial charge on any atom is 0.136 e. The minimum absolute atomic E-state index is 0.0183. The number of hydrogen-bond donors (Lipinski definition) is 0. The molecule has 1 aromatic heterocycles. The van der Waals surface area contributed by atoms with E-state index in [0.29, 0.717) is 38.2 Å². The smallest absolute Gasteiger partial charge is 0.136 e. The Kier molecular flexibility index (Phi) is 3.33. The molecule has 1 nitrogen and oxygen atoms in total. The maximum absolute atomic E-state index is 9.85. The molecule has 0 amide bonds. The first-order valence-electron chi connectivity index (χ1n) is 22.5. The van der Waals surface area contributed by atoms with E-state index in [2.05, 4.69) is 0 Å². The van der Waals surface area contributed by atoms with Crippen molar-refractivity contribution in [2.45, 2.75) is 0 Å². The fourth-order valence-corrected chi connectivity index (χ4v) is 6.53. The average Bonchev–Trinajstić information content (AvgIpc) is 3.69. The predicted molar refractivity (Wildman–Crippen MR) is 200 cm³/mol. The Labute approximate surface area is 293 Å². The van der Waals surface area contributed by atoms with E-state index in [-0.39, 0.29) is 78.3 Å². The minimum atomic E-state index is -0.602. The molecule has 0 radical (unpaired) electrons. The molecule has 0 unspecified atom stereocenters. The third-order valence-electron chi connectivity index (χ3n) is 8.57. The number of fused-ring (bicyclic) bond motifs is 7. The molecular formula is C46H28O. The Morgan fingerprint density at radius 1 is 0.362 bits per heavy atom. The zero-order valence-electron chi connectivity index (χ0n) is 39.4. The lowest BCUT2D eigenvalue weighted by molar-refractivity contribution is 0.669. The van der Waals surface area contributed by atoms with Crippen LogP contribution in [0.2, 0.25) is 0 Å². The molecule has 0 aliphatic rings. The molecule has 0 atom stereocenters. The SMILES string of the molecule is [2H]c1c(-c2c3ccccc3c(-c3c([2H])c(-c4ccccc4)c([2H])c4c([2H])c([2H])c([2H])c([2H])c34)c3ccccc23)c([2H])c2c(oc3c([2H])c4c([2H])c([2H])c([2H])c([2H])c4c([2H])c32)c1[2H]. The maximum atomic E-state index is 9.85. The van der Waals surface area contributed by atoms with Crippen molar-refractivity contribution < 1.29 is 25.0 Å². The van der Waals surface area contributed by atoms with Gasteiger partial charge < -0.3 is 4.42 Å². The van der Waals surface area contributed by atoms with Crippen LogP contribution in [0.25, 0.3) is 98.4 Å². The van der Waals surface area contributed by atoms with Crippen LogP contribution in [0.3, 0.4) is 0 Å². The van der Waals surface area contributed by atoms with E-state index in [4.69, 9.17) is 15.4 Å². The van der Waals surface area contributed by atoms with Gasteiger partial charge in [0.1, 0.15) is 11.2 Å². The van der Waals surface area contributed by atoms with Crippen molar-refractivity contribution in [3.8, 4) is 33.4 Å². The molecule has 0 spiro atoms. The quantitative estimate of drug-likeness (QED) is 0.181. The first-order chi connectivity index (χ1) is 29.6. The fourth-order valence-electron chi connectivity index (χ4n) is 6.53. The zero-order valence-corrected chi connectivity index (χ0v) is 24.4. The fraction of sp³-hybridized carbons (Fsp3) is 0. The molecule has 9 aromatic carbocycles. The second kappa shape index (κ2) is 10.2. The highest BCUT2D eigenvalue weighted by Crippen LogP contribution is 2.47. The van der Waals surface area contributed by atoms with Crippen LogP contribution in [0.1, 0.15) is 20.6 Å². The van der Waals surface area contributed by atoms with Crippen molar-refractivity contribution in [3.05, 3.63) is 169 Å². The van der Waals surface area contributed by atoms with Gasteiger partial charge in [0, 0.05) is 10.8 Å². The molecule has 1 heterocycles. The van der Waals surface area contributed by atoms with Crippen molar-refractivity contribution in [3.63, 3.8) is 0 Å². The van der Waals surface area contributed by atoms with Crippen molar-refractivity contribution in [2.75, 3.05) is 0 Å². The average molecular weight is 612 g/mol. The molecule has 218 valence electrons. The Morgan fingerprint density at radius 3 is 1.68 bits per heavy atom. The monoisotopic (exact) mass is 611 g/mol. The zero-order chi connectivity index (χ0) is 44.0. The molecular weight excluding hydrogens is 569 g/mol. The van der Waals surface area contributed by atoms with Crippen molar-refractivity contribution in [2.24, 2.45) is 0 Å². The van der Waals surface area contributed by atoms with Gasteiger partial charge in [0.25, 0.3) is 0 Å². The van der Waals surface area contributed by atoms with Crippen LogP contribution in [0.4, 0.5) is 0 Å². The molecule has 1 heteroatoms. The number of hydrogen-bond acceptors (Lipinski definition) is 1. The van der Waals surface area contributed by atoms with Crippen LogP contribution >= 0.6 is 0 Å². The van der Waals surface area contributed by atoms with Gasteiger partial charge in [-0.15, -0.1) is 0 Å². The molecule has 0 saturated heterocycles. The highest BCUT2D eigenvalue weighted by molar-refractivity contribution is 6.24. The van der Waals surface area contributed by atoms with Gasteiger partial charge in [-0.3, -0.25) is 0 Å². The van der Waals surface area contributed by atoms with Crippen LogP contribution in [0.15, 0.2) is 174 Å². The van der Waals surface area contributed by atoms with E-state index >= 15 is 0 Å². The summed E-state index contributed by atoms with van der Waals surface area (Å²) >= 11 is 0. The Hall–Kier alpha value is -6.18. The molecule has 0 aliphatic heterocycles. The Bertz CT molecular complexity index is 3630. The second-order valence-electron chi connectivity index (χ2n) is 11.2. The first kappa shape index (κ1) is 15.4. The molecule has 0 fully saturated rings. The molecule has 10 rings (SSSR count). The lowest BCUT2D eigenvalue weighted by atomic mass is 9.83. The normalized spacial score (nSPS) is 16.3. The van der Waals surface area contributed by atoms with Gasteiger partial charge in [0.2, 0.25) is 0 Å². The lowest BCUT2D eigenvalue weighted by Gasteiger charge is -2.19. The van der Waals surface area contributed by atoms with Gasteiger partial charge >= 0.3 is 0 Å². The van der Waals surface area contributed by atoms with Crippen LogP contribution < -0.4 is 0 Å². The molecule has 10 aromatic rings. The highest BCUT2D eigenvalue weighted by Gasteiger charge is 2.20. The van der Waals surface area contributed by atoms with Gasteiger partial charge in [-0.05, 0) is 113 Å². The molecule has 0 bridgehead atoms. The van der Waals surface area contributed by atoms with Gasteiger partial charge in [-0.25, -0.2) is 0 Å². The van der Waals surface area contributed by atoms with Crippen LogP contribution in [-0.4, -0.2) is 0 Å². The van der Waals surface area contributed by atoms with Crippen LogP contribution in [0.5, 0.6) is 0 Å². The lowest BCUT2D eigenvalue weighted by Crippen LogP contribution is -1.92. The van der Waals surface area contributed by atoms with E-state index in [0.717, 1.165) is 0 Å². The summed E-state index contributed by atoms with van der Waals surface area (Å²) in [5, 5.41) is 1.07. The summed E-state index contributed by atoms with van der Waals surface area (Å²) in [4.78, 5) is 0. The highest BCUT2D eigenvalue weighted by atomic mass is 16.3. The van der Waals surface area contributed by atoms with Crippen molar-refractivity contribution in [1.82, 2.24) is 0 Å². The topological polar surface area (TPSA) is 13.1 Å². The van der Waals surface area contributed by atoms with Crippen LogP contribution in [0, 0.1) is 0 Å². The van der Waals surface area contributed by atoms with Gasteiger partial charge in [-0.1, -0.05) is 133 Å². The van der Waals surface area contributed by atoms with Gasteiger partial charge in [0.15, 0.2) is 0 Å². The third kappa shape index (κ3) is 4.03. The summed E-state index contributed by atoms with van der Waals surface area (Å²) in [5.74, 6) is 0. The second-order valence-corrected chi connectivity index (χ2v) is 11.2. The van der Waals surface area contributed by atoms with E-state index in [1.807, 2.05) is 0 Å². The van der Waals surface area contributed by atoms with E-state index in [9.17, 15) is 9.60 Å². The molecule has 47 heavy (non-hydrogen) atoms. The van der Waals surface area contributed by atoms with Gasteiger partial charge in [0.05, 0.1) is 20.6 Å². The van der Waals surface area contributed by atoms with Crippen LogP contribution in [-0.2, 0) is 0 Å².